The molecule has 0 radical (unpaired) electrons. The smallest absolute Gasteiger partial charge is 0.186 e. The molecule has 3 nitrogen and oxygen atoms in total. The van der Waals surface area contributed by atoms with Gasteiger partial charge in [-0.1, -0.05) is 28.1 Å². The van der Waals surface area contributed by atoms with E-state index in [1.165, 1.54) is 6.33 Å². The molecule has 2 rings (SSSR count). The van der Waals surface area contributed by atoms with E-state index in [-0.39, 0.29) is 5.82 Å². The van der Waals surface area contributed by atoms with Crippen molar-refractivity contribution in [1.82, 2.24) is 9.97 Å². The SMILES string of the molecule is Cc1ncnc(NCc2ccc(Br)cc2)c1F. The molecule has 1 aromatic heterocycles. The molecule has 0 saturated heterocycles. The molecule has 2 aromatic rings. The van der Waals surface area contributed by atoms with Crippen molar-refractivity contribution in [2.75, 3.05) is 5.32 Å². The lowest BCUT2D eigenvalue weighted by atomic mass is 10.2. The van der Waals surface area contributed by atoms with Gasteiger partial charge >= 0.3 is 0 Å². The highest BCUT2D eigenvalue weighted by atomic mass is 79.9. The molecule has 5 heteroatoms. The van der Waals surface area contributed by atoms with Crippen molar-refractivity contribution in [2.45, 2.75) is 13.5 Å². The third kappa shape index (κ3) is 3.00. The number of aryl methyl sites for hydroxylation is 1. The molecule has 0 aliphatic heterocycles. The van der Waals surface area contributed by atoms with Crippen molar-refractivity contribution in [3.63, 3.8) is 0 Å². The average molecular weight is 296 g/mol. The second kappa shape index (κ2) is 5.23. The molecule has 0 spiro atoms. The Morgan fingerprint density at radius 1 is 1.24 bits per heavy atom. The fraction of sp³-hybridized carbons (Fsp3) is 0.167. The Morgan fingerprint density at radius 2 is 1.94 bits per heavy atom. The molecule has 0 atom stereocenters. The van der Waals surface area contributed by atoms with Crippen LogP contribution in [-0.2, 0) is 6.54 Å². The van der Waals surface area contributed by atoms with Gasteiger partial charge in [0.25, 0.3) is 0 Å². The third-order valence-electron chi connectivity index (χ3n) is 2.34. The molecule has 0 bridgehead atoms. The van der Waals surface area contributed by atoms with Gasteiger partial charge in [-0.3, -0.25) is 0 Å². The maximum absolute atomic E-state index is 13.6. The van der Waals surface area contributed by atoms with E-state index in [0.29, 0.717) is 12.2 Å². The molecule has 1 heterocycles. The Morgan fingerprint density at radius 3 is 2.65 bits per heavy atom. The fourth-order valence-electron chi connectivity index (χ4n) is 1.37. The van der Waals surface area contributed by atoms with Crippen molar-refractivity contribution < 1.29 is 4.39 Å². The highest BCUT2D eigenvalue weighted by Gasteiger charge is 2.06. The van der Waals surface area contributed by atoms with Crippen LogP contribution in [0.25, 0.3) is 0 Å². The summed E-state index contributed by atoms with van der Waals surface area (Å²) < 4.78 is 14.6. The molecular weight excluding hydrogens is 285 g/mol. The molecule has 17 heavy (non-hydrogen) atoms. The molecule has 1 aromatic carbocycles. The first kappa shape index (κ1) is 12.0. The largest absolute Gasteiger partial charge is 0.363 e. The van der Waals surface area contributed by atoms with E-state index in [1.807, 2.05) is 24.3 Å². The van der Waals surface area contributed by atoms with Crippen LogP contribution in [0.4, 0.5) is 10.2 Å². The Hall–Kier alpha value is -1.49. The second-order valence-corrected chi connectivity index (χ2v) is 4.52. The van der Waals surface area contributed by atoms with Crippen LogP contribution >= 0.6 is 15.9 Å². The highest BCUT2D eigenvalue weighted by Crippen LogP contribution is 2.14. The lowest BCUT2D eigenvalue weighted by Crippen LogP contribution is -2.05. The van der Waals surface area contributed by atoms with Gasteiger partial charge in [0.05, 0.1) is 5.69 Å². The fourth-order valence-corrected chi connectivity index (χ4v) is 1.63. The van der Waals surface area contributed by atoms with Gasteiger partial charge < -0.3 is 5.32 Å². The topological polar surface area (TPSA) is 37.8 Å². The summed E-state index contributed by atoms with van der Waals surface area (Å²) in [5.41, 5.74) is 1.40. The van der Waals surface area contributed by atoms with Crippen molar-refractivity contribution >= 4 is 21.7 Å². The predicted molar refractivity (Wildman–Crippen MR) is 68.2 cm³/mol. The van der Waals surface area contributed by atoms with Crippen LogP contribution in [0.2, 0.25) is 0 Å². The van der Waals surface area contributed by atoms with Crippen LogP contribution in [0, 0.1) is 12.7 Å². The van der Waals surface area contributed by atoms with Crippen molar-refractivity contribution in [2.24, 2.45) is 0 Å². The van der Waals surface area contributed by atoms with E-state index in [1.54, 1.807) is 6.92 Å². The number of aromatic nitrogens is 2. The highest BCUT2D eigenvalue weighted by molar-refractivity contribution is 9.10. The number of hydrogen-bond acceptors (Lipinski definition) is 3. The molecule has 0 aliphatic carbocycles. The van der Waals surface area contributed by atoms with Crippen LogP contribution in [0.1, 0.15) is 11.3 Å². The van der Waals surface area contributed by atoms with Crippen molar-refractivity contribution in [3.8, 4) is 0 Å². The minimum atomic E-state index is -0.399. The maximum Gasteiger partial charge on any atom is 0.186 e. The van der Waals surface area contributed by atoms with E-state index in [0.717, 1.165) is 10.0 Å². The Kier molecular flexibility index (Phi) is 3.68. The Balaban J connectivity index is 2.07. The molecule has 0 aliphatic rings. The minimum absolute atomic E-state index is 0.236. The molecule has 0 fully saturated rings. The lowest BCUT2D eigenvalue weighted by Gasteiger charge is -2.07. The summed E-state index contributed by atoms with van der Waals surface area (Å²) in [4.78, 5) is 7.64. The first-order valence-corrected chi connectivity index (χ1v) is 5.91. The molecule has 0 unspecified atom stereocenters. The molecule has 88 valence electrons. The van der Waals surface area contributed by atoms with E-state index >= 15 is 0 Å². The summed E-state index contributed by atoms with van der Waals surface area (Å²) in [6.07, 6.45) is 1.35. The number of rotatable bonds is 3. The minimum Gasteiger partial charge on any atom is -0.363 e. The Bertz CT molecular complexity index is 514. The number of benzene rings is 1. The summed E-state index contributed by atoms with van der Waals surface area (Å²) in [7, 11) is 0. The van der Waals surface area contributed by atoms with Gasteiger partial charge in [-0.2, -0.15) is 0 Å². The van der Waals surface area contributed by atoms with Gasteiger partial charge in [0.1, 0.15) is 6.33 Å². The summed E-state index contributed by atoms with van der Waals surface area (Å²) in [6.45, 7) is 2.14. The zero-order valence-electron chi connectivity index (χ0n) is 9.24. The van der Waals surface area contributed by atoms with Gasteiger partial charge in [-0.15, -0.1) is 0 Å². The van der Waals surface area contributed by atoms with Crippen LogP contribution in [0.15, 0.2) is 35.1 Å². The monoisotopic (exact) mass is 295 g/mol. The first-order valence-electron chi connectivity index (χ1n) is 5.12. The zero-order chi connectivity index (χ0) is 12.3. The van der Waals surface area contributed by atoms with Crippen molar-refractivity contribution in [1.29, 1.82) is 0 Å². The number of halogens is 2. The van der Waals surface area contributed by atoms with Gasteiger partial charge in [0.2, 0.25) is 0 Å². The average Bonchev–Trinajstić information content (AvgIpc) is 2.33. The molecular formula is C12H11BrFN3. The molecule has 0 saturated carbocycles. The number of nitrogens with one attached hydrogen (secondary N) is 1. The van der Waals surface area contributed by atoms with E-state index in [2.05, 4.69) is 31.2 Å². The second-order valence-electron chi connectivity index (χ2n) is 3.60. The molecule has 1 N–H and O–H groups in total. The molecule has 0 amide bonds. The lowest BCUT2D eigenvalue weighted by molar-refractivity contribution is 0.604. The third-order valence-corrected chi connectivity index (χ3v) is 2.87. The number of hydrogen-bond donors (Lipinski definition) is 1. The van der Waals surface area contributed by atoms with Gasteiger partial charge in [0.15, 0.2) is 11.6 Å². The van der Waals surface area contributed by atoms with Crippen LogP contribution < -0.4 is 5.32 Å². The summed E-state index contributed by atoms with van der Waals surface area (Å²) >= 11 is 3.36. The maximum atomic E-state index is 13.6. The number of anilines is 1. The van der Waals surface area contributed by atoms with Gasteiger partial charge in [-0.05, 0) is 24.6 Å². The predicted octanol–water partition coefficient (Wildman–Crippen LogP) is 3.30. The first-order chi connectivity index (χ1) is 8.16. The normalized spacial score (nSPS) is 10.3. The van der Waals surface area contributed by atoms with Gasteiger partial charge in [0, 0.05) is 11.0 Å². The van der Waals surface area contributed by atoms with Crippen LogP contribution in [0.5, 0.6) is 0 Å². The quantitative estimate of drug-likeness (QED) is 0.944. The Labute approximate surface area is 107 Å². The van der Waals surface area contributed by atoms with E-state index < -0.39 is 5.82 Å². The summed E-state index contributed by atoms with van der Waals surface area (Å²) in [5, 5.41) is 2.95. The van der Waals surface area contributed by atoms with Crippen molar-refractivity contribution in [3.05, 3.63) is 52.1 Å². The van der Waals surface area contributed by atoms with E-state index in [4.69, 9.17) is 0 Å². The standard InChI is InChI=1S/C12H11BrFN3/c1-8-11(14)12(17-7-16-8)15-6-9-2-4-10(13)5-3-9/h2-5,7H,6H2,1H3,(H,15,16,17). The van der Waals surface area contributed by atoms with E-state index in [9.17, 15) is 4.39 Å². The van der Waals surface area contributed by atoms with Crippen LogP contribution in [0.3, 0.4) is 0 Å². The number of nitrogens with zero attached hydrogens (tertiary/aromatic N) is 2. The zero-order valence-corrected chi connectivity index (χ0v) is 10.8. The summed E-state index contributed by atoms with van der Waals surface area (Å²) in [6, 6.07) is 7.81. The van der Waals surface area contributed by atoms with Gasteiger partial charge in [-0.25, -0.2) is 14.4 Å². The van der Waals surface area contributed by atoms with Crippen LogP contribution in [-0.4, -0.2) is 9.97 Å². The summed E-state index contributed by atoms with van der Waals surface area (Å²) in [5.74, 6) is -0.162.